The van der Waals surface area contributed by atoms with Gasteiger partial charge in [0.2, 0.25) is 0 Å². The van der Waals surface area contributed by atoms with E-state index in [0.29, 0.717) is 0 Å². The Morgan fingerprint density at radius 1 is 0.0377 bits per heavy atom. The van der Waals surface area contributed by atoms with Crippen molar-refractivity contribution in [2.75, 3.05) is 0 Å². The van der Waals surface area contributed by atoms with Crippen molar-refractivity contribution in [2.24, 2.45) is 0 Å². The minimum absolute atomic E-state index is 0. The van der Waals surface area contributed by atoms with Crippen molar-refractivity contribution in [1.82, 2.24) is 0 Å². The molecule has 0 nitrogen and oxygen atoms in total. The van der Waals surface area contributed by atoms with Gasteiger partial charge in [0, 0.05) is 0 Å². The van der Waals surface area contributed by atoms with Crippen LogP contribution < -0.4 is 0 Å². The summed E-state index contributed by atoms with van der Waals surface area (Å²) >= 11 is 0. The Morgan fingerprint density at radius 3 is 0.0377 bits per heavy atom. The Labute approximate surface area is 934 Å². The van der Waals surface area contributed by atoms with E-state index in [1.54, 1.807) is 0 Å². The number of rotatable bonds is 0. The van der Waals surface area contributed by atoms with Crippen LogP contribution in [0.15, 0.2) is 0 Å². The first-order chi connectivity index (χ1) is 0. The molecule has 0 aliphatic carbocycles. The maximum absolute atomic E-state index is 0. The van der Waals surface area contributed by atoms with Gasteiger partial charge in [-0.1, -0.05) is 0 Å². The third-order valence-electron chi connectivity index (χ3n) is 0. The summed E-state index contributed by atoms with van der Waals surface area (Å²) in [6.45, 7) is 0. The van der Waals surface area contributed by atoms with Crippen molar-refractivity contribution >= 4 is 961 Å². The molecule has 0 radical (unpaired) electrons. The van der Waals surface area contributed by atoms with Gasteiger partial charge in [-0.15, -0.1) is 74.4 Å². The van der Waals surface area contributed by atoms with Gasteiger partial charge in [-0.3, -0.25) is 0 Å². The van der Waals surface area contributed by atoms with E-state index in [1.165, 1.54) is 0 Å². The molecule has 0 saturated heterocycles. The molecule has 0 atom stereocenters. The van der Waals surface area contributed by atoms with Crippen molar-refractivity contribution in [1.29, 1.82) is 0 Å². The zero-order valence-corrected chi connectivity index (χ0v) is 7.35. The molecule has 0 aromatic rings. The Bertz CT molecular complexity index is 27.0. The zero-order valence-electron chi connectivity index (χ0n) is 2.45. The Hall–Kier alpha value is 29.8. The monoisotopic (exact) mass is 593 g/mol. The van der Waals surface area contributed by atoms with Gasteiger partial charge in [-0.2, -0.15) is 0 Å². The summed E-state index contributed by atoms with van der Waals surface area (Å²) in [6, 6.07) is 0. The Balaban J connectivity index is 0. The average Bonchev–Trinajstić information content (AvgIpc) is 0. The van der Waals surface area contributed by atoms with Crippen LogP contribution in [0.3, 0.4) is 0 Å². The molecule has 0 saturated carbocycles. The molecule has 53 heavy (non-hydrogen) atoms. The van der Waals surface area contributed by atoms with Crippen LogP contribution in [0.25, 0.3) is 0 Å². The summed E-state index contributed by atoms with van der Waals surface area (Å²) in [7, 11) is 0. The van der Waals surface area contributed by atoms with Crippen molar-refractivity contribution in [3.8, 4) is 0 Å². The summed E-state index contributed by atoms with van der Waals surface area (Å²) in [5.74, 6) is 0. The van der Waals surface area contributed by atoms with Crippen LogP contribution in [-0.2, 0) is 0 Å². The summed E-state index contributed by atoms with van der Waals surface area (Å²) in [5.41, 5.74) is 0. The molecule has 0 rings (SSSR count). The third kappa shape index (κ3) is 586. The van der Waals surface area contributed by atoms with E-state index >= 15 is 0 Å². The summed E-state index contributed by atoms with van der Waals surface area (Å²) in [4.78, 5) is 0. The van der Waals surface area contributed by atoms with Gasteiger partial charge in [0.1, 0.15) is 0 Å². The second-order valence-corrected chi connectivity index (χ2v) is 0. The topological polar surface area (TPSA) is 0 Å². The Morgan fingerprint density at radius 2 is 0.0377 bits per heavy atom. The van der Waals surface area contributed by atoms with Crippen molar-refractivity contribution in [3.05, 3.63) is 0 Å². The standard InChI is InChI=1S/6ClH.47Li.47H/h6*1H;;;;;;;;;;;;;;;;;;;;;;;;;;;;;;;;;;;;;;;;;;;;;;;;;;;;;;;;;;;;;;;;;;;;;;;;;;;;;;;;;;;;;;;;;;;;;;. The Kier molecular flexibility index (Phi) is 7070. The van der Waals surface area contributed by atoms with E-state index in [0.717, 1.165) is 0 Å². The third-order valence-corrected chi connectivity index (χ3v) is 0. The van der Waals surface area contributed by atoms with Crippen LogP contribution in [0.5, 0.6) is 0 Å². The van der Waals surface area contributed by atoms with E-state index in [-0.39, 0.29) is 961 Å². The molecule has 0 aromatic heterocycles. The van der Waals surface area contributed by atoms with E-state index in [4.69, 9.17) is 0 Å². The normalized spacial score (nSPS) is 0. The predicted molar refractivity (Wildman–Crippen MR) is 379 cm³/mol. The first-order valence-corrected chi connectivity index (χ1v) is 0. The second kappa shape index (κ2) is 601. The van der Waals surface area contributed by atoms with Crippen LogP contribution in [0.1, 0.15) is 0 Å². The number of hydrogen-bond acceptors (Lipinski definition) is 0. The molecule has 0 aromatic carbocycles. The molecule has 0 heterocycles. The maximum atomic E-state index is 0. The SMILES string of the molecule is Cl.Cl.Cl.Cl.Cl.Cl.[LiH].[LiH].[LiH].[LiH].[LiH].[LiH].[LiH].[LiH].[LiH].[LiH].[LiH].[LiH].[LiH].[LiH].[LiH].[LiH].[LiH].[LiH].[LiH].[LiH].[LiH].[LiH].[LiH].[LiH].[LiH].[LiH].[LiH].[LiH].[LiH].[LiH].[LiH].[LiH].[LiH].[LiH].[LiH].[LiH].[LiH].[LiH].[LiH].[LiH].[LiH].[LiH].[LiH].[LiH].[LiH].[LiH].[LiH]. The van der Waals surface area contributed by atoms with Crippen LogP contribution >= 0.6 is 74.4 Å². The molecule has 0 fully saturated rings. The molecule has 142 valence electrons. The minimum atomic E-state index is 0. The molecular formula is H53Cl6Li47. The van der Waals surface area contributed by atoms with Gasteiger partial charge >= 0.3 is 886 Å². The van der Waals surface area contributed by atoms with Crippen molar-refractivity contribution in [3.63, 3.8) is 0 Å². The van der Waals surface area contributed by atoms with E-state index in [2.05, 4.69) is 0 Å². The molecular weight excluding hydrogens is 539 g/mol. The molecule has 0 bridgehead atoms. The molecule has 53 heteroatoms. The van der Waals surface area contributed by atoms with E-state index < -0.39 is 0 Å². The van der Waals surface area contributed by atoms with Crippen molar-refractivity contribution < 1.29 is 0 Å². The molecule has 0 N–H and O–H groups in total. The summed E-state index contributed by atoms with van der Waals surface area (Å²) in [5, 5.41) is 0. The molecule has 0 aliphatic heterocycles. The van der Waals surface area contributed by atoms with Crippen LogP contribution in [-0.4, -0.2) is 886 Å². The fourth-order valence-electron chi connectivity index (χ4n) is 0. The summed E-state index contributed by atoms with van der Waals surface area (Å²) < 4.78 is 0. The van der Waals surface area contributed by atoms with Crippen molar-refractivity contribution in [2.45, 2.75) is 0 Å². The number of hydrogen-bond donors (Lipinski definition) is 0. The number of halogens is 6. The van der Waals surface area contributed by atoms with Crippen LogP contribution in [0.4, 0.5) is 0 Å². The molecule has 0 spiro atoms. The second-order valence-electron chi connectivity index (χ2n) is 0. The van der Waals surface area contributed by atoms with Gasteiger partial charge in [0.05, 0.1) is 0 Å². The van der Waals surface area contributed by atoms with Gasteiger partial charge < -0.3 is 0 Å². The average molecular weight is 592 g/mol. The fourth-order valence-corrected chi connectivity index (χ4v) is 0. The first-order valence-electron chi connectivity index (χ1n) is 0. The van der Waals surface area contributed by atoms with Gasteiger partial charge in [0.25, 0.3) is 0 Å². The van der Waals surface area contributed by atoms with Crippen LogP contribution in [0.2, 0.25) is 0 Å². The summed E-state index contributed by atoms with van der Waals surface area (Å²) in [6.07, 6.45) is 0. The van der Waals surface area contributed by atoms with Gasteiger partial charge in [-0.25, -0.2) is 0 Å². The molecule has 0 unspecified atom stereocenters. The quantitative estimate of drug-likeness (QED) is 0.246. The van der Waals surface area contributed by atoms with E-state index in [9.17, 15) is 0 Å². The van der Waals surface area contributed by atoms with Crippen LogP contribution in [0, 0.1) is 0 Å². The molecule has 0 aliphatic rings. The molecule has 0 amide bonds. The first kappa shape index (κ1) is 624. The predicted octanol–water partition coefficient (Wildman–Crippen LogP) is -27.9. The van der Waals surface area contributed by atoms with Gasteiger partial charge in [-0.05, 0) is 0 Å². The van der Waals surface area contributed by atoms with Gasteiger partial charge in [0.15, 0.2) is 0 Å². The van der Waals surface area contributed by atoms with E-state index in [1.807, 2.05) is 0 Å². The fraction of sp³-hybridized carbons (Fsp3) is 0. The zero-order chi connectivity index (χ0) is 0.